The number of carboxylic acids is 1. The van der Waals surface area contributed by atoms with Crippen molar-refractivity contribution in [3.05, 3.63) is 33.6 Å². The van der Waals surface area contributed by atoms with Crippen molar-refractivity contribution in [1.82, 2.24) is 0 Å². The summed E-state index contributed by atoms with van der Waals surface area (Å²) in [6.07, 6.45) is 4.16. The summed E-state index contributed by atoms with van der Waals surface area (Å²) in [5, 5.41) is 22.8. The average molecular weight is 296 g/mol. The van der Waals surface area contributed by atoms with E-state index in [0.29, 0.717) is 6.54 Å². The lowest BCUT2D eigenvalue weighted by Crippen LogP contribution is -2.36. The van der Waals surface area contributed by atoms with E-state index in [0.717, 1.165) is 37.8 Å². The van der Waals surface area contributed by atoms with Crippen molar-refractivity contribution >= 4 is 17.3 Å². The van der Waals surface area contributed by atoms with Crippen LogP contribution in [0.25, 0.3) is 0 Å². The van der Waals surface area contributed by atoms with Crippen molar-refractivity contribution < 1.29 is 19.2 Å². The van der Waals surface area contributed by atoms with Gasteiger partial charge in [0.05, 0.1) is 4.92 Å². The number of hydrogen-bond acceptors (Lipinski definition) is 4. The van der Waals surface area contributed by atoms with E-state index in [-0.39, 0.29) is 11.1 Å². The van der Waals surface area contributed by atoms with E-state index >= 15 is 0 Å². The van der Waals surface area contributed by atoms with Crippen LogP contribution in [0.15, 0.2) is 12.1 Å². The number of hydrogen-bond donors (Lipinski definition) is 2. The molecule has 1 aliphatic rings. The summed E-state index contributed by atoms with van der Waals surface area (Å²) in [5.74, 6) is -2.50. The minimum absolute atomic E-state index is 0.0298. The fourth-order valence-electron chi connectivity index (χ4n) is 2.63. The first-order valence-electron chi connectivity index (χ1n) is 6.84. The van der Waals surface area contributed by atoms with Crippen molar-refractivity contribution in [3.63, 3.8) is 0 Å². The standard InChI is InChI=1S/C14H17FN2O4/c1-2-14(4-3-5-14)8-16-11-7-10(15)9(13(18)19)6-12(11)17(20)21/h6-7,16H,2-5,8H2,1H3,(H,18,19). The van der Waals surface area contributed by atoms with E-state index < -0.39 is 28.0 Å². The van der Waals surface area contributed by atoms with Gasteiger partial charge in [-0.1, -0.05) is 13.3 Å². The number of nitrogens with one attached hydrogen (secondary N) is 1. The Kier molecular flexibility index (Phi) is 4.11. The van der Waals surface area contributed by atoms with Gasteiger partial charge in [0.2, 0.25) is 0 Å². The molecule has 0 bridgehead atoms. The molecule has 0 unspecified atom stereocenters. The van der Waals surface area contributed by atoms with Crippen molar-refractivity contribution in [2.45, 2.75) is 32.6 Å². The summed E-state index contributed by atoms with van der Waals surface area (Å²) in [6, 6.07) is 1.66. The summed E-state index contributed by atoms with van der Waals surface area (Å²) in [6.45, 7) is 2.58. The van der Waals surface area contributed by atoms with Crippen LogP contribution >= 0.6 is 0 Å². The third-order valence-electron chi connectivity index (χ3n) is 4.33. The molecule has 1 aromatic carbocycles. The quantitative estimate of drug-likeness (QED) is 0.619. The highest BCUT2D eigenvalue weighted by atomic mass is 19.1. The molecule has 1 fully saturated rings. The van der Waals surface area contributed by atoms with E-state index in [1.807, 2.05) is 0 Å². The van der Waals surface area contributed by atoms with Crippen LogP contribution < -0.4 is 5.32 Å². The minimum atomic E-state index is -1.52. The van der Waals surface area contributed by atoms with Gasteiger partial charge in [0.15, 0.2) is 0 Å². The number of rotatable bonds is 6. The van der Waals surface area contributed by atoms with Gasteiger partial charge in [0.25, 0.3) is 5.69 Å². The Morgan fingerprint density at radius 2 is 2.19 bits per heavy atom. The molecule has 0 aliphatic heterocycles. The second-order valence-electron chi connectivity index (χ2n) is 5.47. The highest BCUT2D eigenvalue weighted by Crippen LogP contribution is 2.44. The molecule has 0 saturated heterocycles. The van der Waals surface area contributed by atoms with Gasteiger partial charge in [0.1, 0.15) is 17.1 Å². The highest BCUT2D eigenvalue weighted by molar-refractivity contribution is 5.90. The smallest absolute Gasteiger partial charge is 0.338 e. The van der Waals surface area contributed by atoms with Crippen LogP contribution in [0.3, 0.4) is 0 Å². The number of halogens is 1. The Hall–Kier alpha value is -2.18. The predicted octanol–water partition coefficient (Wildman–Crippen LogP) is 3.42. The van der Waals surface area contributed by atoms with Gasteiger partial charge in [0, 0.05) is 18.7 Å². The Morgan fingerprint density at radius 1 is 1.52 bits per heavy atom. The summed E-state index contributed by atoms with van der Waals surface area (Å²) in [5.41, 5.74) is -0.974. The predicted molar refractivity (Wildman–Crippen MR) is 75.1 cm³/mol. The molecule has 7 heteroatoms. The van der Waals surface area contributed by atoms with Gasteiger partial charge < -0.3 is 10.4 Å². The van der Waals surface area contributed by atoms with Crippen LogP contribution in [0.4, 0.5) is 15.8 Å². The number of carbonyl (C=O) groups is 1. The maximum absolute atomic E-state index is 13.7. The molecule has 0 amide bonds. The second kappa shape index (κ2) is 5.67. The number of nitro groups is 1. The maximum Gasteiger partial charge on any atom is 0.338 e. The normalized spacial score (nSPS) is 16.1. The molecule has 1 aliphatic carbocycles. The Labute approximate surface area is 121 Å². The molecule has 1 aromatic rings. The minimum Gasteiger partial charge on any atom is -0.478 e. The van der Waals surface area contributed by atoms with Gasteiger partial charge in [-0.05, 0) is 24.7 Å². The molecule has 0 spiro atoms. The molecule has 0 aromatic heterocycles. The van der Waals surface area contributed by atoms with E-state index in [2.05, 4.69) is 12.2 Å². The topological polar surface area (TPSA) is 92.5 Å². The van der Waals surface area contributed by atoms with Crippen LogP contribution in [0.1, 0.15) is 43.0 Å². The van der Waals surface area contributed by atoms with E-state index in [4.69, 9.17) is 5.11 Å². The monoisotopic (exact) mass is 296 g/mol. The first kappa shape index (κ1) is 15.2. The van der Waals surface area contributed by atoms with Crippen molar-refractivity contribution in [2.24, 2.45) is 5.41 Å². The van der Waals surface area contributed by atoms with Gasteiger partial charge in [-0.25, -0.2) is 9.18 Å². The molecule has 2 N–H and O–H groups in total. The van der Waals surface area contributed by atoms with Crippen LogP contribution in [-0.4, -0.2) is 22.5 Å². The third-order valence-corrected chi connectivity index (χ3v) is 4.33. The van der Waals surface area contributed by atoms with Crippen LogP contribution in [0.2, 0.25) is 0 Å². The summed E-state index contributed by atoms with van der Waals surface area (Å²) in [4.78, 5) is 21.2. The fraction of sp³-hybridized carbons (Fsp3) is 0.500. The number of benzene rings is 1. The Balaban J connectivity index is 2.27. The fourth-order valence-corrected chi connectivity index (χ4v) is 2.63. The third kappa shape index (κ3) is 2.96. The lowest BCUT2D eigenvalue weighted by molar-refractivity contribution is -0.384. The maximum atomic E-state index is 13.7. The molecule has 6 nitrogen and oxygen atoms in total. The lowest BCUT2D eigenvalue weighted by atomic mass is 9.67. The zero-order valence-corrected chi connectivity index (χ0v) is 11.7. The average Bonchev–Trinajstić information content (AvgIpc) is 2.37. The summed E-state index contributed by atoms with van der Waals surface area (Å²) < 4.78 is 13.7. The Morgan fingerprint density at radius 3 is 2.62 bits per heavy atom. The molecule has 1 saturated carbocycles. The molecule has 2 rings (SSSR count). The van der Waals surface area contributed by atoms with Crippen molar-refractivity contribution in [3.8, 4) is 0 Å². The number of nitrogens with zero attached hydrogens (tertiary/aromatic N) is 1. The van der Waals surface area contributed by atoms with Gasteiger partial charge in [-0.3, -0.25) is 10.1 Å². The lowest BCUT2D eigenvalue weighted by Gasteiger charge is -2.41. The largest absolute Gasteiger partial charge is 0.478 e. The SMILES string of the molecule is CCC1(CNc2cc(F)c(C(=O)O)cc2[N+](=O)[O-])CCC1. The van der Waals surface area contributed by atoms with Crippen LogP contribution in [0, 0.1) is 21.3 Å². The zero-order valence-electron chi connectivity index (χ0n) is 11.7. The van der Waals surface area contributed by atoms with Gasteiger partial charge in [-0.2, -0.15) is 0 Å². The molecule has 0 heterocycles. The van der Waals surface area contributed by atoms with Crippen LogP contribution in [-0.2, 0) is 0 Å². The Bertz CT molecular complexity index is 579. The van der Waals surface area contributed by atoms with Gasteiger partial charge in [-0.15, -0.1) is 0 Å². The summed E-state index contributed by atoms with van der Waals surface area (Å²) in [7, 11) is 0. The summed E-state index contributed by atoms with van der Waals surface area (Å²) >= 11 is 0. The molecule has 21 heavy (non-hydrogen) atoms. The van der Waals surface area contributed by atoms with Crippen molar-refractivity contribution in [2.75, 3.05) is 11.9 Å². The number of aromatic carboxylic acids is 1. The molecule has 0 atom stereocenters. The number of nitro benzene ring substituents is 1. The number of anilines is 1. The van der Waals surface area contributed by atoms with Crippen molar-refractivity contribution in [1.29, 1.82) is 0 Å². The number of carboxylic acid groups (broad SMARTS) is 1. The van der Waals surface area contributed by atoms with Gasteiger partial charge >= 0.3 is 5.97 Å². The van der Waals surface area contributed by atoms with E-state index in [1.165, 1.54) is 0 Å². The first-order valence-corrected chi connectivity index (χ1v) is 6.84. The van der Waals surface area contributed by atoms with E-state index in [1.54, 1.807) is 0 Å². The van der Waals surface area contributed by atoms with E-state index in [9.17, 15) is 19.3 Å². The second-order valence-corrected chi connectivity index (χ2v) is 5.47. The van der Waals surface area contributed by atoms with Crippen LogP contribution in [0.5, 0.6) is 0 Å². The zero-order chi connectivity index (χ0) is 15.6. The molecular formula is C14H17FN2O4. The molecule has 114 valence electrons. The molecule has 0 radical (unpaired) electrons. The molecular weight excluding hydrogens is 279 g/mol. The first-order chi connectivity index (χ1) is 9.88. The highest BCUT2D eigenvalue weighted by Gasteiger charge is 2.35.